The molecule has 0 aromatic heterocycles. The van der Waals surface area contributed by atoms with Gasteiger partial charge in [0.25, 0.3) is 0 Å². The number of carbonyl (C=O) groups is 1. The van der Waals surface area contributed by atoms with Crippen LogP contribution in [0.4, 0.5) is 5.69 Å². The highest BCUT2D eigenvalue weighted by Gasteiger charge is 2.20. The summed E-state index contributed by atoms with van der Waals surface area (Å²) in [7, 11) is -4.62. The Morgan fingerprint density at radius 1 is 1.26 bits per heavy atom. The van der Waals surface area contributed by atoms with Crippen molar-refractivity contribution in [1.29, 1.82) is 0 Å². The van der Waals surface area contributed by atoms with E-state index in [1.165, 1.54) is 24.8 Å². The van der Waals surface area contributed by atoms with Crippen molar-refractivity contribution >= 4 is 19.4 Å². The van der Waals surface area contributed by atoms with E-state index in [2.05, 4.69) is 16.8 Å². The molecule has 1 rings (SSSR count). The van der Waals surface area contributed by atoms with E-state index in [0.717, 1.165) is 12.8 Å². The second-order valence-corrected chi connectivity index (χ2v) is 6.63. The van der Waals surface area contributed by atoms with Gasteiger partial charge in [0.2, 0.25) is 5.91 Å². The average molecular weight is 344 g/mol. The Labute approximate surface area is 136 Å². The van der Waals surface area contributed by atoms with Crippen molar-refractivity contribution in [3.8, 4) is 0 Å². The molecule has 1 aromatic rings. The number of unbranched alkanes of at least 4 members (excludes halogenated alkanes) is 3. The Bertz CT molecular complexity index is 529. The highest BCUT2D eigenvalue weighted by molar-refractivity contribution is 7.46. The first kappa shape index (κ1) is 19.8. The third-order valence-electron chi connectivity index (χ3n) is 3.30. The predicted octanol–water partition coefficient (Wildman–Crippen LogP) is 2.18. The number of carbonyl (C=O) groups excluding carboxylic acids is 1. The summed E-state index contributed by atoms with van der Waals surface area (Å²) in [5, 5.41) is 2.58. The van der Waals surface area contributed by atoms with Crippen LogP contribution < -0.4 is 11.1 Å². The molecule has 1 aromatic carbocycles. The van der Waals surface area contributed by atoms with Crippen molar-refractivity contribution in [2.45, 2.75) is 45.1 Å². The van der Waals surface area contributed by atoms with Crippen molar-refractivity contribution in [2.24, 2.45) is 5.73 Å². The van der Waals surface area contributed by atoms with Crippen molar-refractivity contribution in [2.75, 3.05) is 11.9 Å². The zero-order valence-electron chi connectivity index (χ0n) is 13.3. The lowest BCUT2D eigenvalue weighted by molar-refractivity contribution is -0.118. The first-order valence-corrected chi connectivity index (χ1v) is 9.20. The molecule has 0 saturated heterocycles. The molecule has 0 spiro atoms. The maximum absolute atomic E-state index is 11.8. The van der Waals surface area contributed by atoms with Gasteiger partial charge in [0.15, 0.2) is 0 Å². The molecule has 130 valence electrons. The highest BCUT2D eigenvalue weighted by Crippen LogP contribution is 2.35. The Morgan fingerprint density at radius 3 is 2.48 bits per heavy atom. The molecule has 0 radical (unpaired) electrons. The van der Waals surface area contributed by atoms with Crippen LogP contribution in [0.25, 0.3) is 0 Å². The number of benzene rings is 1. The predicted molar refractivity (Wildman–Crippen MR) is 88.9 cm³/mol. The molecule has 0 heterocycles. The topological polar surface area (TPSA) is 122 Å². The van der Waals surface area contributed by atoms with Crippen LogP contribution in [0.5, 0.6) is 0 Å². The lowest BCUT2D eigenvalue weighted by Crippen LogP contribution is -2.39. The van der Waals surface area contributed by atoms with E-state index in [-0.39, 0.29) is 0 Å². The summed E-state index contributed by atoms with van der Waals surface area (Å²) in [6, 6.07) is 6.29. The Morgan fingerprint density at radius 2 is 1.91 bits per heavy atom. The molecular weight excluding hydrogens is 319 g/mol. The van der Waals surface area contributed by atoms with Gasteiger partial charge in [-0.15, -0.1) is 0 Å². The normalized spacial score (nSPS) is 12.9. The number of phosphoric acid groups is 1. The lowest BCUT2D eigenvalue weighted by atomic mass is 10.1. The fourth-order valence-electron chi connectivity index (χ4n) is 2.00. The molecule has 0 aliphatic carbocycles. The third-order valence-corrected chi connectivity index (χ3v) is 3.78. The Hall–Kier alpha value is -1.24. The maximum atomic E-state index is 11.8. The average Bonchev–Trinajstić information content (AvgIpc) is 2.50. The van der Waals surface area contributed by atoms with Gasteiger partial charge in [0.05, 0.1) is 6.61 Å². The van der Waals surface area contributed by atoms with Crippen molar-refractivity contribution in [1.82, 2.24) is 0 Å². The van der Waals surface area contributed by atoms with Crippen LogP contribution >= 0.6 is 7.82 Å². The van der Waals surface area contributed by atoms with Gasteiger partial charge in [-0.1, -0.05) is 38.3 Å². The molecule has 1 atom stereocenters. The molecule has 23 heavy (non-hydrogen) atoms. The number of aryl methyl sites for hydroxylation is 1. The van der Waals surface area contributed by atoms with Crippen LogP contribution in [0.1, 0.15) is 38.2 Å². The van der Waals surface area contributed by atoms with Crippen LogP contribution in [-0.4, -0.2) is 28.3 Å². The summed E-state index contributed by atoms with van der Waals surface area (Å²) in [4.78, 5) is 28.9. The number of nitrogens with two attached hydrogens (primary N) is 1. The van der Waals surface area contributed by atoms with Crippen LogP contribution in [0.15, 0.2) is 24.3 Å². The van der Waals surface area contributed by atoms with Crippen molar-refractivity contribution < 1.29 is 23.7 Å². The second-order valence-electron chi connectivity index (χ2n) is 5.39. The van der Waals surface area contributed by atoms with E-state index in [1.54, 1.807) is 12.1 Å². The number of anilines is 1. The number of hydrogen-bond donors (Lipinski definition) is 4. The smallest absolute Gasteiger partial charge is 0.325 e. The third kappa shape index (κ3) is 8.83. The van der Waals surface area contributed by atoms with Crippen LogP contribution in [0.2, 0.25) is 0 Å². The molecular formula is C15H25N2O5P. The van der Waals surface area contributed by atoms with E-state index in [9.17, 15) is 9.36 Å². The molecule has 0 aliphatic heterocycles. The molecule has 0 unspecified atom stereocenters. The van der Waals surface area contributed by atoms with Gasteiger partial charge in [-0.3, -0.25) is 9.32 Å². The molecule has 5 N–H and O–H groups in total. The number of hydrogen-bond acceptors (Lipinski definition) is 4. The number of nitrogens with one attached hydrogen (secondary N) is 1. The van der Waals surface area contributed by atoms with E-state index < -0.39 is 26.4 Å². The fourth-order valence-corrected chi connectivity index (χ4v) is 2.35. The van der Waals surface area contributed by atoms with Gasteiger partial charge in [0, 0.05) is 5.69 Å². The highest BCUT2D eigenvalue weighted by atomic mass is 31.2. The van der Waals surface area contributed by atoms with Crippen LogP contribution in [0, 0.1) is 0 Å². The van der Waals surface area contributed by atoms with Crippen molar-refractivity contribution in [3.05, 3.63) is 29.8 Å². The molecule has 0 aliphatic rings. The van der Waals surface area contributed by atoms with Gasteiger partial charge in [-0.05, 0) is 30.5 Å². The Balaban J connectivity index is 2.41. The second kappa shape index (κ2) is 9.80. The molecule has 0 fully saturated rings. The minimum absolute atomic E-state index is 0.550. The Kier molecular flexibility index (Phi) is 8.44. The minimum atomic E-state index is -4.62. The zero-order valence-corrected chi connectivity index (χ0v) is 14.2. The monoisotopic (exact) mass is 344 g/mol. The summed E-state index contributed by atoms with van der Waals surface area (Å²) >= 11 is 0. The zero-order chi connectivity index (χ0) is 17.3. The number of amides is 1. The van der Waals surface area contributed by atoms with Gasteiger partial charge in [-0.25, -0.2) is 4.57 Å². The summed E-state index contributed by atoms with van der Waals surface area (Å²) < 4.78 is 14.8. The van der Waals surface area contributed by atoms with Gasteiger partial charge >= 0.3 is 7.82 Å². The van der Waals surface area contributed by atoms with E-state index in [1.807, 2.05) is 12.1 Å². The number of phosphoric ester groups is 1. The van der Waals surface area contributed by atoms with Gasteiger partial charge < -0.3 is 20.8 Å². The van der Waals surface area contributed by atoms with E-state index in [4.69, 9.17) is 15.5 Å². The van der Waals surface area contributed by atoms with Gasteiger partial charge in [0.1, 0.15) is 6.04 Å². The minimum Gasteiger partial charge on any atom is -0.325 e. The molecule has 7 nitrogen and oxygen atoms in total. The molecule has 8 heteroatoms. The maximum Gasteiger partial charge on any atom is 0.469 e. The van der Waals surface area contributed by atoms with Crippen LogP contribution in [-0.2, 0) is 20.3 Å². The van der Waals surface area contributed by atoms with Crippen LogP contribution in [0.3, 0.4) is 0 Å². The number of rotatable bonds is 10. The fraction of sp³-hybridized carbons (Fsp3) is 0.533. The van der Waals surface area contributed by atoms with Gasteiger partial charge in [-0.2, -0.15) is 0 Å². The SMILES string of the molecule is CCCCCCc1ccc(NC(=O)[C@H](N)COP(=O)(O)O)cc1. The standard InChI is InChI=1S/C15H25N2O5P/c1-2-3-4-5-6-12-7-9-13(10-8-12)17-15(18)14(16)11-22-23(19,20)21/h7-10,14H,2-6,11,16H2,1H3,(H,17,18)(H2,19,20,21)/t14-/m1/s1. The summed E-state index contributed by atoms with van der Waals surface area (Å²) in [5.74, 6) is -0.561. The van der Waals surface area contributed by atoms with E-state index >= 15 is 0 Å². The summed E-state index contributed by atoms with van der Waals surface area (Å²) in [6.07, 6.45) is 5.80. The van der Waals surface area contributed by atoms with E-state index in [0.29, 0.717) is 5.69 Å². The lowest BCUT2D eigenvalue weighted by Gasteiger charge is -2.13. The quantitative estimate of drug-likeness (QED) is 0.381. The first-order valence-electron chi connectivity index (χ1n) is 7.67. The molecule has 0 bridgehead atoms. The first-order chi connectivity index (χ1) is 10.8. The molecule has 1 amide bonds. The van der Waals surface area contributed by atoms with Crippen molar-refractivity contribution in [3.63, 3.8) is 0 Å². The largest absolute Gasteiger partial charge is 0.469 e. The molecule has 0 saturated carbocycles. The summed E-state index contributed by atoms with van der Waals surface area (Å²) in [5.41, 5.74) is 7.30. The summed E-state index contributed by atoms with van der Waals surface area (Å²) in [6.45, 7) is 1.62.